The number of thioether (sulfide) groups is 1. The van der Waals surface area contributed by atoms with Gasteiger partial charge in [-0.25, -0.2) is 14.8 Å². The topological polar surface area (TPSA) is 131 Å². The van der Waals surface area contributed by atoms with Gasteiger partial charge in [0.05, 0.1) is 10.5 Å². The van der Waals surface area contributed by atoms with Crippen LogP contribution in [0.3, 0.4) is 0 Å². The third-order valence-corrected chi connectivity index (χ3v) is 5.81. The second-order valence-corrected chi connectivity index (χ2v) is 8.24. The fraction of sp³-hybridized carbons (Fsp3) is 0.286. The Morgan fingerprint density at radius 2 is 2.00 bits per heavy atom. The molecule has 10 nitrogen and oxygen atoms in total. The van der Waals surface area contributed by atoms with Crippen LogP contribution in [0.25, 0.3) is 6.08 Å². The molecule has 3 heterocycles. The Bertz CT molecular complexity index is 1100. The van der Waals surface area contributed by atoms with Gasteiger partial charge in [0.15, 0.2) is 0 Å². The van der Waals surface area contributed by atoms with Crippen molar-refractivity contribution < 1.29 is 29.0 Å². The van der Waals surface area contributed by atoms with E-state index >= 15 is 0 Å². The zero-order valence-corrected chi connectivity index (χ0v) is 17.9. The van der Waals surface area contributed by atoms with Crippen molar-refractivity contribution in [3.63, 3.8) is 0 Å². The Morgan fingerprint density at radius 1 is 1.25 bits per heavy atom. The lowest BCUT2D eigenvalue weighted by atomic mass is 10.1. The summed E-state index contributed by atoms with van der Waals surface area (Å²) in [5, 5.41) is 10.9. The van der Waals surface area contributed by atoms with Gasteiger partial charge in [-0.2, -0.15) is 0 Å². The number of likely N-dealkylation sites (tertiary alicyclic amines) is 1. The van der Waals surface area contributed by atoms with Gasteiger partial charge >= 0.3 is 6.09 Å². The molecular weight excluding hydrogens is 436 g/mol. The summed E-state index contributed by atoms with van der Waals surface area (Å²) in [7, 11) is 0. The first-order valence-electron chi connectivity index (χ1n) is 9.88. The van der Waals surface area contributed by atoms with E-state index in [0.29, 0.717) is 59.5 Å². The number of nitrogens with one attached hydrogen (secondary N) is 1. The molecule has 0 radical (unpaired) electrons. The van der Waals surface area contributed by atoms with E-state index in [1.54, 1.807) is 37.3 Å². The fourth-order valence-electron chi connectivity index (χ4n) is 3.32. The molecule has 0 unspecified atom stereocenters. The Kier molecular flexibility index (Phi) is 6.26. The van der Waals surface area contributed by atoms with E-state index in [1.165, 1.54) is 11.2 Å². The first kappa shape index (κ1) is 21.6. The zero-order chi connectivity index (χ0) is 22.7. The van der Waals surface area contributed by atoms with Crippen LogP contribution in [0.4, 0.5) is 9.59 Å². The van der Waals surface area contributed by atoms with E-state index in [0.717, 1.165) is 11.8 Å². The lowest BCUT2D eigenvalue weighted by molar-refractivity contribution is -0.115. The molecule has 2 fully saturated rings. The summed E-state index contributed by atoms with van der Waals surface area (Å²) in [6, 6.07) is 7.04. The summed E-state index contributed by atoms with van der Waals surface area (Å²) in [5.41, 5.74) is 1.32. The standard InChI is InChI=1S/C21H20N4O6S/c1-12-18(30-14-5-7-25(8-6-14)21(28)29)22-11-23-19(12)31-15-4-2-3-13(9-15)10-16-17(26)24-20(27)32-16/h2-4,9-11,14H,5-8H2,1H3,(H,28,29)(H,24,26,27)/b16-10+. The molecule has 1 aromatic heterocycles. The molecule has 0 saturated carbocycles. The number of carbonyl (C=O) groups excluding carboxylic acids is 2. The minimum Gasteiger partial charge on any atom is -0.474 e. The van der Waals surface area contributed by atoms with Crippen molar-refractivity contribution in [2.75, 3.05) is 13.1 Å². The average molecular weight is 456 g/mol. The molecule has 1 aromatic carbocycles. The van der Waals surface area contributed by atoms with E-state index in [2.05, 4.69) is 15.3 Å². The maximum atomic E-state index is 11.7. The van der Waals surface area contributed by atoms with E-state index in [4.69, 9.17) is 14.6 Å². The predicted molar refractivity (Wildman–Crippen MR) is 116 cm³/mol. The van der Waals surface area contributed by atoms with Crippen molar-refractivity contribution in [1.82, 2.24) is 20.2 Å². The first-order chi connectivity index (χ1) is 15.4. The summed E-state index contributed by atoms with van der Waals surface area (Å²) in [4.78, 5) is 44.2. The SMILES string of the molecule is Cc1c(Oc2cccc(/C=C3/SC(=O)NC3=O)c2)ncnc1OC1CCN(C(=O)O)CC1. The highest BCUT2D eigenvalue weighted by molar-refractivity contribution is 8.18. The Morgan fingerprint density at radius 3 is 2.69 bits per heavy atom. The van der Waals surface area contributed by atoms with Crippen LogP contribution in [-0.2, 0) is 4.79 Å². The molecular formula is C21H20N4O6S. The number of hydrogen-bond acceptors (Lipinski definition) is 8. The first-order valence-corrected chi connectivity index (χ1v) is 10.7. The number of benzene rings is 1. The third-order valence-electron chi connectivity index (χ3n) is 4.99. The van der Waals surface area contributed by atoms with Gasteiger partial charge in [0, 0.05) is 25.9 Å². The van der Waals surface area contributed by atoms with Crippen LogP contribution in [-0.4, -0.2) is 56.4 Å². The number of nitrogens with zero attached hydrogens (tertiary/aromatic N) is 3. The minimum atomic E-state index is -0.922. The van der Waals surface area contributed by atoms with E-state index in [9.17, 15) is 14.4 Å². The molecule has 3 amide bonds. The van der Waals surface area contributed by atoms with Crippen molar-refractivity contribution in [2.45, 2.75) is 25.9 Å². The van der Waals surface area contributed by atoms with Crippen molar-refractivity contribution in [1.29, 1.82) is 0 Å². The quantitative estimate of drug-likeness (QED) is 0.650. The van der Waals surface area contributed by atoms with Crippen molar-refractivity contribution in [2.24, 2.45) is 0 Å². The number of rotatable bonds is 5. The van der Waals surface area contributed by atoms with E-state index < -0.39 is 17.2 Å². The van der Waals surface area contributed by atoms with Gasteiger partial charge < -0.3 is 19.5 Å². The van der Waals surface area contributed by atoms with Crippen molar-refractivity contribution >= 4 is 35.1 Å². The van der Waals surface area contributed by atoms with Gasteiger partial charge in [0.2, 0.25) is 11.8 Å². The molecule has 0 spiro atoms. The van der Waals surface area contributed by atoms with Gasteiger partial charge in [-0.3, -0.25) is 14.9 Å². The summed E-state index contributed by atoms with van der Waals surface area (Å²) in [6.07, 6.45) is 3.06. The summed E-state index contributed by atoms with van der Waals surface area (Å²) in [6.45, 7) is 2.61. The lowest BCUT2D eigenvalue weighted by Crippen LogP contribution is -2.41. The molecule has 11 heteroatoms. The van der Waals surface area contributed by atoms with Crippen LogP contribution in [0, 0.1) is 6.92 Å². The van der Waals surface area contributed by atoms with Gasteiger partial charge in [0.1, 0.15) is 18.2 Å². The molecule has 32 heavy (non-hydrogen) atoms. The van der Waals surface area contributed by atoms with E-state index in [1.807, 2.05) is 0 Å². The smallest absolute Gasteiger partial charge is 0.407 e. The number of ether oxygens (including phenoxy) is 2. The highest BCUT2D eigenvalue weighted by Gasteiger charge is 2.26. The molecule has 2 aliphatic rings. The van der Waals surface area contributed by atoms with Crippen molar-refractivity contribution in [3.8, 4) is 17.5 Å². The van der Waals surface area contributed by atoms with Crippen LogP contribution < -0.4 is 14.8 Å². The number of carboxylic acid groups (broad SMARTS) is 1. The van der Waals surface area contributed by atoms with E-state index in [-0.39, 0.29) is 6.10 Å². The van der Waals surface area contributed by atoms with Gasteiger partial charge in [-0.05, 0) is 42.5 Å². The number of hydrogen-bond donors (Lipinski definition) is 2. The second kappa shape index (κ2) is 9.27. The van der Waals surface area contributed by atoms with Gasteiger partial charge in [-0.15, -0.1) is 0 Å². The number of amides is 3. The van der Waals surface area contributed by atoms with Crippen LogP contribution >= 0.6 is 11.8 Å². The van der Waals surface area contributed by atoms with Crippen molar-refractivity contribution in [3.05, 3.63) is 46.6 Å². The highest BCUT2D eigenvalue weighted by Crippen LogP contribution is 2.31. The number of imide groups is 1. The largest absolute Gasteiger partial charge is 0.474 e. The second-order valence-electron chi connectivity index (χ2n) is 7.22. The molecule has 4 rings (SSSR count). The maximum absolute atomic E-state index is 11.7. The Labute approximate surface area is 187 Å². The Balaban J connectivity index is 1.45. The average Bonchev–Trinajstić information content (AvgIpc) is 3.08. The molecule has 2 saturated heterocycles. The third kappa shape index (κ3) is 4.99. The zero-order valence-electron chi connectivity index (χ0n) is 17.1. The summed E-state index contributed by atoms with van der Waals surface area (Å²) in [5.74, 6) is 0.788. The lowest BCUT2D eigenvalue weighted by Gasteiger charge is -2.30. The van der Waals surface area contributed by atoms with Crippen LogP contribution in [0.2, 0.25) is 0 Å². The molecule has 0 aliphatic carbocycles. The van der Waals surface area contributed by atoms with Gasteiger partial charge in [0.25, 0.3) is 11.1 Å². The van der Waals surface area contributed by atoms with Crippen LogP contribution in [0.1, 0.15) is 24.0 Å². The number of carbonyl (C=O) groups is 3. The number of aromatic nitrogens is 2. The molecule has 0 atom stereocenters. The normalized spacial score (nSPS) is 18.0. The van der Waals surface area contributed by atoms with Crippen LogP contribution in [0.5, 0.6) is 17.5 Å². The predicted octanol–water partition coefficient (Wildman–Crippen LogP) is 3.42. The monoisotopic (exact) mass is 456 g/mol. The van der Waals surface area contributed by atoms with Crippen LogP contribution in [0.15, 0.2) is 35.5 Å². The number of piperidine rings is 1. The maximum Gasteiger partial charge on any atom is 0.407 e. The molecule has 2 N–H and O–H groups in total. The minimum absolute atomic E-state index is 0.139. The summed E-state index contributed by atoms with van der Waals surface area (Å²) < 4.78 is 11.9. The fourth-order valence-corrected chi connectivity index (χ4v) is 4.00. The molecule has 0 bridgehead atoms. The highest BCUT2D eigenvalue weighted by atomic mass is 32.2. The summed E-state index contributed by atoms with van der Waals surface area (Å²) >= 11 is 0.849. The molecule has 2 aromatic rings. The van der Waals surface area contributed by atoms with Gasteiger partial charge in [-0.1, -0.05) is 12.1 Å². The molecule has 166 valence electrons. The Hall–Kier alpha value is -3.60. The molecule has 2 aliphatic heterocycles.